The van der Waals surface area contributed by atoms with Crippen LogP contribution in [0, 0.1) is 0 Å². The number of piperazine rings is 1. The number of urea groups is 1. The van der Waals surface area contributed by atoms with E-state index in [1.807, 2.05) is 30.5 Å². The van der Waals surface area contributed by atoms with Crippen molar-refractivity contribution in [3.8, 4) is 5.75 Å². The van der Waals surface area contributed by atoms with Gasteiger partial charge in [-0.25, -0.2) is 9.59 Å². The van der Waals surface area contributed by atoms with Gasteiger partial charge < -0.3 is 29.6 Å². The number of esters is 1. The molecule has 0 spiro atoms. The minimum absolute atomic E-state index is 0.241. The summed E-state index contributed by atoms with van der Waals surface area (Å²) in [6, 6.07) is 12.6. The Morgan fingerprint density at radius 2 is 1.89 bits per heavy atom. The number of aromatic nitrogens is 1. The molecule has 1 saturated heterocycles. The first-order valence-electron chi connectivity index (χ1n) is 12.2. The number of carbonyl (C=O) groups is 3. The summed E-state index contributed by atoms with van der Waals surface area (Å²) in [4.78, 5) is 47.3. The predicted molar refractivity (Wildman–Crippen MR) is 143 cm³/mol. The van der Waals surface area contributed by atoms with Crippen LogP contribution in [0.4, 0.5) is 10.5 Å². The molecule has 10 heteroatoms. The van der Waals surface area contributed by atoms with Gasteiger partial charge in [0, 0.05) is 35.2 Å². The molecule has 2 aliphatic heterocycles. The van der Waals surface area contributed by atoms with Crippen molar-refractivity contribution in [3.05, 3.63) is 59.8 Å². The van der Waals surface area contributed by atoms with Crippen LogP contribution in [0.1, 0.15) is 23.7 Å². The molecule has 0 radical (unpaired) electrons. The Labute approximate surface area is 219 Å². The molecule has 3 amide bonds. The average Bonchev–Trinajstić information content (AvgIpc) is 3.30. The summed E-state index contributed by atoms with van der Waals surface area (Å²) in [5.74, 6) is 0.688. The van der Waals surface area contributed by atoms with Crippen LogP contribution in [0.3, 0.4) is 0 Å². The van der Waals surface area contributed by atoms with Crippen molar-refractivity contribution in [2.75, 3.05) is 38.1 Å². The molecule has 3 aromatic rings. The molecule has 2 N–H and O–H groups in total. The number of methoxy groups -OCH3 is 2. The van der Waals surface area contributed by atoms with E-state index in [9.17, 15) is 14.4 Å². The number of para-hydroxylation sites is 1. The van der Waals surface area contributed by atoms with E-state index in [0.29, 0.717) is 30.0 Å². The molecule has 5 rings (SSSR count). The van der Waals surface area contributed by atoms with E-state index in [-0.39, 0.29) is 18.5 Å². The first kappa shape index (κ1) is 25.0. The number of amides is 3. The van der Waals surface area contributed by atoms with Crippen LogP contribution in [0.2, 0.25) is 0 Å². The highest BCUT2D eigenvalue weighted by molar-refractivity contribution is 7.98. The van der Waals surface area contributed by atoms with Gasteiger partial charge in [-0.15, -0.1) is 0 Å². The topological polar surface area (TPSA) is 104 Å². The lowest BCUT2D eigenvalue weighted by molar-refractivity contribution is -0.162. The molecule has 37 heavy (non-hydrogen) atoms. The van der Waals surface area contributed by atoms with Crippen molar-refractivity contribution in [2.24, 2.45) is 0 Å². The van der Waals surface area contributed by atoms with Crippen molar-refractivity contribution in [3.63, 3.8) is 0 Å². The maximum Gasteiger partial charge on any atom is 0.328 e. The van der Waals surface area contributed by atoms with E-state index in [2.05, 4.69) is 10.3 Å². The molecular formula is C27H30N4O5S. The third-order valence-corrected chi connectivity index (χ3v) is 7.85. The number of hydrogen-bond donors (Lipinski definition) is 2. The fourth-order valence-electron chi connectivity index (χ4n) is 5.41. The van der Waals surface area contributed by atoms with Crippen LogP contribution in [-0.2, 0) is 20.7 Å². The average molecular weight is 523 g/mol. The number of nitrogens with zero attached hydrogens (tertiary/aromatic N) is 2. The summed E-state index contributed by atoms with van der Waals surface area (Å²) in [7, 11) is 2.93. The fourth-order valence-corrected chi connectivity index (χ4v) is 5.87. The third kappa shape index (κ3) is 4.50. The van der Waals surface area contributed by atoms with Crippen LogP contribution < -0.4 is 10.1 Å². The van der Waals surface area contributed by atoms with Gasteiger partial charge in [-0.2, -0.15) is 11.8 Å². The number of ether oxygens (including phenoxy) is 2. The van der Waals surface area contributed by atoms with Gasteiger partial charge in [0.2, 0.25) is 5.91 Å². The number of carbonyl (C=O) groups excluding carboxylic acids is 3. The Kier molecular flexibility index (Phi) is 7.01. The van der Waals surface area contributed by atoms with E-state index < -0.39 is 24.1 Å². The Hall–Kier alpha value is -3.66. The normalized spacial score (nSPS) is 20.8. The highest BCUT2D eigenvalue weighted by Crippen LogP contribution is 2.41. The molecule has 0 aliphatic carbocycles. The maximum absolute atomic E-state index is 14.0. The van der Waals surface area contributed by atoms with Gasteiger partial charge in [-0.3, -0.25) is 4.79 Å². The molecule has 3 atom stereocenters. The van der Waals surface area contributed by atoms with E-state index in [1.165, 1.54) is 7.11 Å². The van der Waals surface area contributed by atoms with Crippen LogP contribution >= 0.6 is 11.8 Å². The number of fused-ring (bicyclic) bond motifs is 5. The molecule has 9 nitrogen and oxygen atoms in total. The molecule has 3 heterocycles. The first-order chi connectivity index (χ1) is 18.0. The van der Waals surface area contributed by atoms with Gasteiger partial charge in [0.25, 0.3) is 0 Å². The molecule has 0 bridgehead atoms. The zero-order chi connectivity index (χ0) is 26.1. The largest absolute Gasteiger partial charge is 0.497 e. The highest BCUT2D eigenvalue weighted by atomic mass is 32.2. The Balaban J connectivity index is 1.54. The standard InChI is InChI=1S/C27H30N4O5S/c1-35-17-10-8-16(9-11-17)28-27(34)30-15-23-24-19(18-6-4-5-7-20(18)29-24)14-22(26(33)36-2)31(23)25(32)21(30)12-13-37-3/h4-11,21-23,29H,12-15H2,1-3H3,(H,28,34)/t21-,22-,23-/m0/s1. The SMILES string of the molecule is COC(=O)[C@@H]1Cc2c([nH]c3ccccc23)[C@@H]2CN(C(=O)Nc3ccc(OC)cc3)[C@@H](CCSC)C(=O)N12. The lowest BCUT2D eigenvalue weighted by Gasteiger charge is -2.49. The summed E-state index contributed by atoms with van der Waals surface area (Å²) < 4.78 is 10.3. The molecule has 0 saturated carbocycles. The highest BCUT2D eigenvalue weighted by Gasteiger charge is 2.51. The Bertz CT molecular complexity index is 1320. The Morgan fingerprint density at radius 1 is 1.14 bits per heavy atom. The number of aromatic amines is 1. The molecule has 2 aliphatic rings. The van der Waals surface area contributed by atoms with E-state index in [4.69, 9.17) is 9.47 Å². The third-order valence-electron chi connectivity index (χ3n) is 7.21. The van der Waals surface area contributed by atoms with Crippen LogP contribution in [0.5, 0.6) is 5.75 Å². The fraction of sp³-hybridized carbons (Fsp3) is 0.370. The van der Waals surface area contributed by atoms with Crippen molar-refractivity contribution >= 4 is 46.3 Å². The summed E-state index contributed by atoms with van der Waals surface area (Å²) in [6.07, 6.45) is 2.81. The number of benzene rings is 2. The van der Waals surface area contributed by atoms with Crippen LogP contribution in [-0.4, -0.2) is 77.5 Å². The lowest BCUT2D eigenvalue weighted by atomic mass is 9.88. The van der Waals surface area contributed by atoms with Crippen LogP contribution in [0.15, 0.2) is 48.5 Å². The second kappa shape index (κ2) is 10.4. The van der Waals surface area contributed by atoms with E-state index >= 15 is 0 Å². The van der Waals surface area contributed by atoms with Crippen molar-refractivity contribution in [1.82, 2.24) is 14.8 Å². The summed E-state index contributed by atoms with van der Waals surface area (Å²) in [5, 5.41) is 3.94. The number of rotatable bonds is 6. The minimum Gasteiger partial charge on any atom is -0.497 e. The number of hydrogen-bond acceptors (Lipinski definition) is 6. The van der Waals surface area contributed by atoms with Crippen molar-refractivity contribution in [2.45, 2.75) is 31.0 Å². The first-order valence-corrected chi connectivity index (χ1v) is 13.6. The number of H-pyrrole nitrogens is 1. The zero-order valence-electron chi connectivity index (χ0n) is 21.0. The quantitative estimate of drug-likeness (QED) is 0.477. The Morgan fingerprint density at radius 3 is 2.59 bits per heavy atom. The zero-order valence-corrected chi connectivity index (χ0v) is 21.8. The second-order valence-corrected chi connectivity index (χ2v) is 10.2. The molecule has 0 unspecified atom stereocenters. The summed E-state index contributed by atoms with van der Waals surface area (Å²) in [5.41, 5.74) is 3.38. The minimum atomic E-state index is -0.752. The number of thioether (sulfide) groups is 1. The summed E-state index contributed by atoms with van der Waals surface area (Å²) >= 11 is 1.61. The molecular weight excluding hydrogens is 492 g/mol. The smallest absolute Gasteiger partial charge is 0.328 e. The number of anilines is 1. The monoisotopic (exact) mass is 522 g/mol. The van der Waals surface area contributed by atoms with Gasteiger partial charge >= 0.3 is 12.0 Å². The molecule has 194 valence electrons. The second-order valence-electron chi connectivity index (χ2n) is 9.18. The number of nitrogens with one attached hydrogen (secondary N) is 2. The van der Waals surface area contributed by atoms with Gasteiger partial charge in [0.15, 0.2) is 0 Å². The van der Waals surface area contributed by atoms with Gasteiger partial charge in [0.05, 0.1) is 20.3 Å². The van der Waals surface area contributed by atoms with Crippen molar-refractivity contribution in [1.29, 1.82) is 0 Å². The van der Waals surface area contributed by atoms with Gasteiger partial charge in [-0.05, 0) is 54.3 Å². The van der Waals surface area contributed by atoms with Gasteiger partial charge in [-0.1, -0.05) is 18.2 Å². The van der Waals surface area contributed by atoms with Crippen LogP contribution in [0.25, 0.3) is 10.9 Å². The lowest BCUT2D eigenvalue weighted by Crippen LogP contribution is -2.65. The van der Waals surface area contributed by atoms with Gasteiger partial charge in [0.1, 0.15) is 17.8 Å². The predicted octanol–water partition coefficient (Wildman–Crippen LogP) is 3.81. The van der Waals surface area contributed by atoms with E-state index in [0.717, 1.165) is 22.2 Å². The van der Waals surface area contributed by atoms with E-state index in [1.54, 1.807) is 52.9 Å². The van der Waals surface area contributed by atoms with Crippen molar-refractivity contribution < 1.29 is 23.9 Å². The molecule has 2 aromatic carbocycles. The molecule has 1 fully saturated rings. The molecule has 1 aromatic heterocycles. The summed E-state index contributed by atoms with van der Waals surface area (Å²) in [6.45, 7) is 0.250. The maximum atomic E-state index is 14.0.